The Balaban J connectivity index is 1.90. The van der Waals surface area contributed by atoms with Crippen molar-refractivity contribution in [1.29, 1.82) is 0 Å². The summed E-state index contributed by atoms with van der Waals surface area (Å²) >= 11 is 0. The number of hydrogen-bond donors (Lipinski definition) is 1. The van der Waals surface area contributed by atoms with Gasteiger partial charge in [-0.2, -0.15) is 0 Å². The van der Waals surface area contributed by atoms with Crippen LogP contribution in [0.1, 0.15) is 26.7 Å². The molecule has 0 atom stereocenters. The summed E-state index contributed by atoms with van der Waals surface area (Å²) in [7, 11) is 0. The zero-order valence-electron chi connectivity index (χ0n) is 10.6. The second-order valence-electron chi connectivity index (χ2n) is 5.71. The zero-order valence-corrected chi connectivity index (χ0v) is 10.6. The zero-order chi connectivity index (χ0) is 11.4. The van der Waals surface area contributed by atoms with Gasteiger partial charge in [0.2, 0.25) is 0 Å². The Bertz CT molecular complexity index is 272. The van der Waals surface area contributed by atoms with Gasteiger partial charge in [0, 0.05) is 13.1 Å². The normalized spacial score (nSPS) is 22.8. The summed E-state index contributed by atoms with van der Waals surface area (Å²) in [5, 5.41) is 3.45. The van der Waals surface area contributed by atoms with Crippen LogP contribution in [0.2, 0.25) is 0 Å². The Kier molecular flexibility index (Phi) is 3.70. The molecule has 0 saturated carbocycles. The van der Waals surface area contributed by atoms with Crippen molar-refractivity contribution < 1.29 is 0 Å². The minimum atomic E-state index is 0.428. The van der Waals surface area contributed by atoms with E-state index in [9.17, 15) is 0 Å². The van der Waals surface area contributed by atoms with Crippen LogP contribution >= 0.6 is 0 Å². The summed E-state index contributed by atoms with van der Waals surface area (Å²) in [6.45, 7) is 9.50. The van der Waals surface area contributed by atoms with Crippen molar-refractivity contribution >= 4 is 0 Å². The minimum absolute atomic E-state index is 0.428. The lowest BCUT2D eigenvalue weighted by atomic mass is 9.73. The van der Waals surface area contributed by atoms with Crippen LogP contribution in [-0.2, 0) is 0 Å². The van der Waals surface area contributed by atoms with Crippen LogP contribution < -0.4 is 5.32 Å². The Labute approximate surface area is 99.4 Å². The highest BCUT2D eigenvalue weighted by Crippen LogP contribution is 2.34. The largest absolute Gasteiger partial charge is 0.373 e. The molecular weight excluding hydrogens is 196 g/mol. The third kappa shape index (κ3) is 2.88. The summed E-state index contributed by atoms with van der Waals surface area (Å²) in [6, 6.07) is 0. The lowest BCUT2D eigenvalue weighted by Gasteiger charge is -2.40. The molecule has 0 amide bonds. The van der Waals surface area contributed by atoms with Gasteiger partial charge in [-0.15, -0.1) is 0 Å². The average molecular weight is 220 g/mol. The fourth-order valence-electron chi connectivity index (χ4n) is 2.88. The van der Waals surface area contributed by atoms with Crippen LogP contribution in [0.25, 0.3) is 0 Å². The number of hydrogen-bond acceptors (Lipinski definition) is 2. The number of rotatable bonds is 3. The molecular formula is C14H24N2. The Morgan fingerprint density at radius 1 is 1.25 bits per heavy atom. The molecule has 1 saturated heterocycles. The highest BCUT2D eigenvalue weighted by Gasteiger charge is 2.31. The quantitative estimate of drug-likeness (QED) is 0.785. The van der Waals surface area contributed by atoms with E-state index in [1.807, 2.05) is 0 Å². The van der Waals surface area contributed by atoms with Crippen molar-refractivity contribution in [2.45, 2.75) is 26.7 Å². The monoisotopic (exact) mass is 220 g/mol. The lowest BCUT2D eigenvalue weighted by Crippen LogP contribution is -2.41. The summed E-state index contributed by atoms with van der Waals surface area (Å²) in [5.41, 5.74) is 0.428. The average Bonchev–Trinajstić information content (AvgIpc) is 2.31. The topological polar surface area (TPSA) is 15.3 Å². The smallest absolute Gasteiger partial charge is 0.0357 e. The van der Waals surface area contributed by atoms with Gasteiger partial charge in [0.05, 0.1) is 0 Å². The third-order valence-electron chi connectivity index (χ3n) is 3.94. The van der Waals surface area contributed by atoms with Gasteiger partial charge >= 0.3 is 0 Å². The summed E-state index contributed by atoms with van der Waals surface area (Å²) in [6.07, 6.45) is 11.4. The Morgan fingerprint density at radius 3 is 2.62 bits per heavy atom. The van der Waals surface area contributed by atoms with E-state index in [1.54, 1.807) is 0 Å². The minimum Gasteiger partial charge on any atom is -0.373 e. The summed E-state index contributed by atoms with van der Waals surface area (Å²) in [5.74, 6) is 0.869. The molecule has 2 rings (SSSR count). The molecule has 0 aliphatic carbocycles. The Hall–Kier alpha value is -0.760. The molecule has 0 unspecified atom stereocenters. The molecule has 90 valence electrons. The van der Waals surface area contributed by atoms with Gasteiger partial charge in [-0.05, 0) is 49.5 Å². The van der Waals surface area contributed by atoms with Crippen molar-refractivity contribution in [1.82, 2.24) is 10.2 Å². The van der Waals surface area contributed by atoms with Gasteiger partial charge in [0.15, 0.2) is 0 Å². The van der Waals surface area contributed by atoms with Gasteiger partial charge < -0.3 is 10.2 Å². The van der Waals surface area contributed by atoms with Gasteiger partial charge in [-0.3, -0.25) is 0 Å². The molecule has 1 fully saturated rings. The van der Waals surface area contributed by atoms with E-state index in [4.69, 9.17) is 0 Å². The molecule has 2 heteroatoms. The van der Waals surface area contributed by atoms with Crippen molar-refractivity contribution in [3.8, 4) is 0 Å². The molecule has 0 bridgehead atoms. The van der Waals surface area contributed by atoms with Crippen molar-refractivity contribution in [2.75, 3.05) is 26.2 Å². The van der Waals surface area contributed by atoms with Crippen molar-refractivity contribution in [2.24, 2.45) is 11.3 Å². The van der Waals surface area contributed by atoms with Crippen LogP contribution in [0.5, 0.6) is 0 Å². The molecule has 0 radical (unpaired) electrons. The maximum atomic E-state index is 3.45. The maximum absolute atomic E-state index is 3.45. The molecule has 0 spiro atoms. The van der Waals surface area contributed by atoms with Crippen LogP contribution in [0, 0.1) is 11.3 Å². The third-order valence-corrected chi connectivity index (χ3v) is 3.94. The van der Waals surface area contributed by atoms with Crippen LogP contribution in [0.3, 0.4) is 0 Å². The van der Waals surface area contributed by atoms with E-state index in [0.717, 1.165) is 12.5 Å². The van der Waals surface area contributed by atoms with Gasteiger partial charge in [-0.1, -0.05) is 26.0 Å². The van der Waals surface area contributed by atoms with E-state index in [0.29, 0.717) is 5.41 Å². The van der Waals surface area contributed by atoms with E-state index >= 15 is 0 Å². The first kappa shape index (κ1) is 11.7. The van der Waals surface area contributed by atoms with E-state index in [1.165, 1.54) is 32.5 Å². The molecule has 16 heavy (non-hydrogen) atoms. The highest BCUT2D eigenvalue weighted by molar-refractivity contribution is 5.09. The van der Waals surface area contributed by atoms with E-state index in [2.05, 4.69) is 48.5 Å². The van der Waals surface area contributed by atoms with Crippen molar-refractivity contribution in [3.05, 3.63) is 24.4 Å². The number of piperidine rings is 1. The first-order valence-corrected chi connectivity index (χ1v) is 6.46. The fourth-order valence-corrected chi connectivity index (χ4v) is 2.88. The molecule has 1 N–H and O–H groups in total. The van der Waals surface area contributed by atoms with Crippen LogP contribution in [0.15, 0.2) is 24.4 Å². The predicted molar refractivity (Wildman–Crippen MR) is 69.2 cm³/mol. The predicted octanol–water partition coefficient (Wildman–Crippen LogP) is 2.40. The molecule has 0 aromatic heterocycles. The second-order valence-corrected chi connectivity index (χ2v) is 5.71. The standard InChI is InChI=1S/C14H24N2/c1-14(2,13-6-8-15-9-7-13)12-16-10-4-3-5-11-16/h3-5,10,13,15H,6-9,11-12H2,1-2H3. The number of allylic oxidation sites excluding steroid dienone is 2. The number of nitrogens with one attached hydrogen (secondary N) is 1. The highest BCUT2D eigenvalue weighted by atomic mass is 15.1. The first-order valence-electron chi connectivity index (χ1n) is 6.46. The summed E-state index contributed by atoms with van der Waals surface area (Å²) in [4.78, 5) is 2.43. The van der Waals surface area contributed by atoms with Crippen LogP contribution in [0.4, 0.5) is 0 Å². The van der Waals surface area contributed by atoms with Gasteiger partial charge in [0.25, 0.3) is 0 Å². The fraction of sp³-hybridized carbons (Fsp3) is 0.714. The molecule has 2 nitrogen and oxygen atoms in total. The molecule has 2 heterocycles. The van der Waals surface area contributed by atoms with Gasteiger partial charge in [-0.25, -0.2) is 0 Å². The first-order chi connectivity index (χ1) is 7.68. The maximum Gasteiger partial charge on any atom is 0.0357 e. The Morgan fingerprint density at radius 2 is 2.00 bits per heavy atom. The molecule has 2 aliphatic rings. The van der Waals surface area contributed by atoms with Crippen molar-refractivity contribution in [3.63, 3.8) is 0 Å². The molecule has 0 aromatic carbocycles. The van der Waals surface area contributed by atoms with E-state index < -0.39 is 0 Å². The SMILES string of the molecule is CC(C)(CN1C=CC=CC1)C1CCNCC1. The molecule has 0 aromatic rings. The number of nitrogens with zero attached hydrogens (tertiary/aromatic N) is 1. The second kappa shape index (κ2) is 5.05. The van der Waals surface area contributed by atoms with Gasteiger partial charge in [0.1, 0.15) is 0 Å². The molecule has 2 aliphatic heterocycles. The van der Waals surface area contributed by atoms with E-state index in [-0.39, 0.29) is 0 Å². The summed E-state index contributed by atoms with van der Waals surface area (Å²) < 4.78 is 0. The lowest BCUT2D eigenvalue weighted by molar-refractivity contribution is 0.124. The van der Waals surface area contributed by atoms with Crippen LogP contribution in [-0.4, -0.2) is 31.1 Å².